The van der Waals surface area contributed by atoms with Crippen LogP contribution in [-0.4, -0.2) is 24.3 Å². The van der Waals surface area contributed by atoms with Crippen LogP contribution < -0.4 is 25.4 Å². The number of urea groups is 1. The van der Waals surface area contributed by atoms with Crippen molar-refractivity contribution in [1.82, 2.24) is 5.32 Å². The normalized spacial score (nSPS) is 16.0. The largest absolute Gasteiger partial charge is 0.448 e. The molecule has 0 radical (unpaired) electrons. The number of carbonyl (C=O) groups excluding carboxylic acids is 2. The molecule has 0 bridgehead atoms. The predicted molar refractivity (Wildman–Crippen MR) is 106 cm³/mol. The maximum absolute atomic E-state index is 12.1. The third-order valence-electron chi connectivity index (χ3n) is 4.87. The van der Waals surface area contributed by atoms with Gasteiger partial charge in [0.15, 0.2) is 11.5 Å². The van der Waals surface area contributed by atoms with Crippen molar-refractivity contribution in [1.29, 1.82) is 0 Å². The number of hydrogen-bond donors (Lipinski definition) is 3. The first-order chi connectivity index (χ1) is 13.5. The van der Waals surface area contributed by atoms with E-state index in [1.54, 1.807) is 24.3 Å². The van der Waals surface area contributed by atoms with Gasteiger partial charge in [-0.3, -0.25) is 4.79 Å². The zero-order chi connectivity index (χ0) is 19.6. The Labute approximate surface area is 163 Å². The first-order valence-electron chi connectivity index (χ1n) is 9.45. The van der Waals surface area contributed by atoms with E-state index in [1.165, 1.54) is 0 Å². The number of nitrogens with one attached hydrogen (secondary N) is 3. The molecule has 1 saturated carbocycles. The van der Waals surface area contributed by atoms with Crippen LogP contribution in [0.15, 0.2) is 42.5 Å². The molecule has 2 aromatic carbocycles. The van der Waals surface area contributed by atoms with Gasteiger partial charge >= 0.3 is 6.03 Å². The van der Waals surface area contributed by atoms with Crippen LogP contribution in [0.1, 0.15) is 31.2 Å². The summed E-state index contributed by atoms with van der Waals surface area (Å²) in [6.45, 7) is 1.80. The van der Waals surface area contributed by atoms with Gasteiger partial charge in [-0.05, 0) is 49.6 Å². The number of amides is 3. The van der Waals surface area contributed by atoms with Crippen LogP contribution >= 0.6 is 0 Å². The average Bonchev–Trinajstić information content (AvgIpc) is 3.25. The standard InChI is InChI=1S/C21H23N3O4/c1-14-5-4-6-15(11-14)24-20(26)22-13-19(25)23-16-7-8-17-18(12-16)28-21(27-17)9-2-3-10-21/h4-8,11-12H,2-3,9-10,13H2,1H3,(H,23,25)(H2,22,24,26). The molecule has 4 rings (SSSR count). The molecule has 0 saturated heterocycles. The van der Waals surface area contributed by atoms with E-state index >= 15 is 0 Å². The van der Waals surface area contributed by atoms with E-state index < -0.39 is 11.8 Å². The lowest BCUT2D eigenvalue weighted by Gasteiger charge is -2.21. The summed E-state index contributed by atoms with van der Waals surface area (Å²) in [7, 11) is 0. The van der Waals surface area contributed by atoms with Crippen molar-refractivity contribution in [3.8, 4) is 11.5 Å². The summed E-state index contributed by atoms with van der Waals surface area (Å²) < 4.78 is 12.0. The Morgan fingerprint density at radius 1 is 0.964 bits per heavy atom. The van der Waals surface area contributed by atoms with E-state index in [-0.39, 0.29) is 12.5 Å². The number of rotatable bonds is 4. The average molecular weight is 381 g/mol. The maximum atomic E-state index is 12.1. The number of carbonyl (C=O) groups is 2. The lowest BCUT2D eigenvalue weighted by Crippen LogP contribution is -2.35. The van der Waals surface area contributed by atoms with Crippen molar-refractivity contribution in [3.63, 3.8) is 0 Å². The number of hydrogen-bond acceptors (Lipinski definition) is 4. The first kappa shape index (κ1) is 18.2. The van der Waals surface area contributed by atoms with Crippen molar-refractivity contribution in [2.45, 2.75) is 38.4 Å². The number of ether oxygens (including phenoxy) is 2. The van der Waals surface area contributed by atoms with E-state index in [4.69, 9.17) is 9.47 Å². The minimum absolute atomic E-state index is 0.143. The fourth-order valence-corrected chi connectivity index (χ4v) is 3.55. The molecule has 1 spiro atoms. The summed E-state index contributed by atoms with van der Waals surface area (Å²) in [5.74, 6) is 0.495. The molecule has 146 valence electrons. The Kier molecular flexibility index (Phi) is 4.81. The highest BCUT2D eigenvalue weighted by Gasteiger charge is 2.44. The van der Waals surface area contributed by atoms with E-state index in [1.807, 2.05) is 25.1 Å². The lowest BCUT2D eigenvalue weighted by atomic mass is 10.2. The number of benzene rings is 2. The SMILES string of the molecule is Cc1cccc(NC(=O)NCC(=O)Nc2ccc3c(c2)OC2(CCCC2)O3)c1. The molecule has 0 atom stereocenters. The molecule has 7 nitrogen and oxygen atoms in total. The smallest absolute Gasteiger partial charge is 0.319 e. The van der Waals surface area contributed by atoms with Gasteiger partial charge < -0.3 is 25.4 Å². The van der Waals surface area contributed by atoms with E-state index in [2.05, 4.69) is 16.0 Å². The Hall–Kier alpha value is -3.22. The molecule has 28 heavy (non-hydrogen) atoms. The van der Waals surface area contributed by atoms with Crippen molar-refractivity contribution in [2.24, 2.45) is 0 Å². The summed E-state index contributed by atoms with van der Waals surface area (Å²) in [6, 6.07) is 12.3. The van der Waals surface area contributed by atoms with Crippen molar-refractivity contribution in [2.75, 3.05) is 17.2 Å². The topological polar surface area (TPSA) is 88.7 Å². The van der Waals surface area contributed by atoms with Crippen LogP contribution in [0.25, 0.3) is 0 Å². The molecule has 7 heteroatoms. The summed E-state index contributed by atoms with van der Waals surface area (Å²) >= 11 is 0. The molecule has 0 aromatic heterocycles. The summed E-state index contributed by atoms with van der Waals surface area (Å²) in [5.41, 5.74) is 2.32. The molecular weight excluding hydrogens is 358 g/mol. The monoisotopic (exact) mass is 381 g/mol. The molecule has 1 aliphatic heterocycles. The molecule has 2 aliphatic rings. The fourth-order valence-electron chi connectivity index (χ4n) is 3.55. The zero-order valence-electron chi connectivity index (χ0n) is 15.7. The maximum Gasteiger partial charge on any atom is 0.319 e. The van der Waals surface area contributed by atoms with Crippen LogP contribution in [-0.2, 0) is 4.79 Å². The summed E-state index contributed by atoms with van der Waals surface area (Å²) in [4.78, 5) is 24.1. The fraction of sp³-hybridized carbons (Fsp3) is 0.333. The molecule has 2 aromatic rings. The predicted octanol–water partition coefficient (Wildman–Crippen LogP) is 3.80. The minimum Gasteiger partial charge on any atom is -0.448 e. The summed E-state index contributed by atoms with van der Waals surface area (Å²) in [5, 5.41) is 8.00. The van der Waals surface area contributed by atoms with Gasteiger partial charge in [-0.15, -0.1) is 0 Å². The third kappa shape index (κ3) is 4.03. The molecule has 3 amide bonds. The second kappa shape index (κ2) is 7.42. The second-order valence-electron chi connectivity index (χ2n) is 7.21. The van der Waals surface area contributed by atoms with Crippen LogP contribution in [0, 0.1) is 6.92 Å². The van der Waals surface area contributed by atoms with Gasteiger partial charge in [0.1, 0.15) is 0 Å². The first-order valence-corrected chi connectivity index (χ1v) is 9.45. The van der Waals surface area contributed by atoms with Gasteiger partial charge in [-0.1, -0.05) is 12.1 Å². The highest BCUT2D eigenvalue weighted by molar-refractivity contribution is 5.97. The van der Waals surface area contributed by atoms with Gasteiger partial charge in [-0.25, -0.2) is 4.79 Å². The molecule has 3 N–H and O–H groups in total. The molecule has 0 unspecified atom stereocenters. The Morgan fingerprint density at radius 2 is 1.71 bits per heavy atom. The Morgan fingerprint density at radius 3 is 2.50 bits per heavy atom. The van der Waals surface area contributed by atoms with Crippen molar-refractivity contribution in [3.05, 3.63) is 48.0 Å². The van der Waals surface area contributed by atoms with E-state index in [0.29, 0.717) is 22.9 Å². The van der Waals surface area contributed by atoms with Crippen LogP contribution in [0.2, 0.25) is 0 Å². The van der Waals surface area contributed by atoms with E-state index in [0.717, 1.165) is 31.2 Å². The highest BCUT2D eigenvalue weighted by Crippen LogP contribution is 2.47. The van der Waals surface area contributed by atoms with Gasteiger partial charge in [0, 0.05) is 30.3 Å². The molecule has 1 heterocycles. The molecular formula is C21H23N3O4. The Balaban J connectivity index is 1.28. The molecule has 1 aliphatic carbocycles. The Bertz CT molecular complexity index is 906. The third-order valence-corrected chi connectivity index (χ3v) is 4.87. The highest BCUT2D eigenvalue weighted by atomic mass is 16.7. The molecule has 1 fully saturated rings. The number of anilines is 2. The van der Waals surface area contributed by atoms with Crippen LogP contribution in [0.5, 0.6) is 11.5 Å². The van der Waals surface area contributed by atoms with Crippen LogP contribution in [0.4, 0.5) is 16.2 Å². The van der Waals surface area contributed by atoms with Crippen molar-refractivity contribution < 1.29 is 19.1 Å². The number of fused-ring (bicyclic) bond motifs is 1. The number of aryl methyl sites for hydroxylation is 1. The van der Waals surface area contributed by atoms with Gasteiger partial charge in [0.25, 0.3) is 5.79 Å². The van der Waals surface area contributed by atoms with E-state index in [9.17, 15) is 9.59 Å². The second-order valence-corrected chi connectivity index (χ2v) is 7.21. The quantitative estimate of drug-likeness (QED) is 0.752. The van der Waals surface area contributed by atoms with Crippen molar-refractivity contribution >= 4 is 23.3 Å². The van der Waals surface area contributed by atoms with Crippen LogP contribution in [0.3, 0.4) is 0 Å². The van der Waals surface area contributed by atoms with Gasteiger partial charge in [-0.2, -0.15) is 0 Å². The zero-order valence-corrected chi connectivity index (χ0v) is 15.7. The van der Waals surface area contributed by atoms with Gasteiger partial charge in [0.05, 0.1) is 6.54 Å². The van der Waals surface area contributed by atoms with Gasteiger partial charge in [0.2, 0.25) is 5.91 Å². The summed E-state index contributed by atoms with van der Waals surface area (Å²) in [6.07, 6.45) is 3.94. The lowest BCUT2D eigenvalue weighted by molar-refractivity contribution is -0.115. The minimum atomic E-state index is -0.527.